The van der Waals surface area contributed by atoms with E-state index in [2.05, 4.69) is 200 Å². The predicted octanol–water partition coefficient (Wildman–Crippen LogP) is 13.9. The minimum Gasteiger partial charge on any atom is -0.309 e. The summed E-state index contributed by atoms with van der Waals surface area (Å²) in [4.78, 5) is 0. The van der Waals surface area contributed by atoms with Gasteiger partial charge in [0.05, 0.1) is 11.0 Å². The fraction of sp³-hybridized carbons (Fsp3) is 0.0204. The Labute approximate surface area is 303 Å². The summed E-state index contributed by atoms with van der Waals surface area (Å²) in [5.41, 5.74) is 13.3. The van der Waals surface area contributed by atoms with Gasteiger partial charge in [-0.3, -0.25) is 0 Å². The van der Waals surface area contributed by atoms with Crippen LogP contribution in [0, 0.1) is 6.92 Å². The van der Waals surface area contributed by atoms with Crippen molar-refractivity contribution < 1.29 is 0 Å². The molecule has 1 nitrogen and oxygen atoms in total. The van der Waals surface area contributed by atoms with E-state index in [0.717, 1.165) is 5.69 Å². The summed E-state index contributed by atoms with van der Waals surface area (Å²) in [6.45, 7) is 2.26. The molecule has 0 fully saturated rings. The van der Waals surface area contributed by atoms with Crippen LogP contribution in [0.2, 0.25) is 0 Å². The lowest BCUT2D eigenvalue weighted by Crippen LogP contribution is -1.98. The van der Waals surface area contributed by atoms with Crippen molar-refractivity contribution in [1.29, 1.82) is 0 Å². The van der Waals surface area contributed by atoms with Crippen LogP contribution in [0.25, 0.3) is 88.5 Å². The van der Waals surface area contributed by atoms with E-state index in [1.54, 1.807) is 5.41 Å². The molecule has 0 saturated carbocycles. The summed E-state index contributed by atoms with van der Waals surface area (Å²) in [5.74, 6) is 0. The fourth-order valence-corrected chi connectivity index (χ4v) is 8.07. The van der Waals surface area contributed by atoms with E-state index >= 15 is 0 Å². The lowest BCUT2D eigenvalue weighted by Gasteiger charge is -2.23. The second-order valence-electron chi connectivity index (χ2n) is 13.0. The zero-order valence-electron chi connectivity index (χ0n) is 28.3. The zero-order valence-corrected chi connectivity index (χ0v) is 29.2. The molecule has 1 aromatic heterocycles. The van der Waals surface area contributed by atoms with E-state index < -0.39 is 0 Å². The van der Waals surface area contributed by atoms with Crippen molar-refractivity contribution in [3.8, 4) is 39.1 Å². The fourth-order valence-electron chi connectivity index (χ4n) is 7.97. The number of thiol groups is 1. The lowest BCUT2D eigenvalue weighted by atomic mass is 9.80. The molecule has 0 aliphatic carbocycles. The maximum atomic E-state index is 4.36. The first-order valence-corrected chi connectivity index (χ1v) is 17.9. The van der Waals surface area contributed by atoms with Crippen LogP contribution in [0.5, 0.6) is 0 Å². The van der Waals surface area contributed by atoms with E-state index in [0.29, 0.717) is 0 Å². The number of hydrogen-bond acceptors (Lipinski definition) is 1. The summed E-state index contributed by atoms with van der Waals surface area (Å²) in [5, 5.41) is 9.33. The molecule has 0 atom stereocenters. The van der Waals surface area contributed by atoms with Gasteiger partial charge in [-0.25, -0.2) is 0 Å². The Morgan fingerprint density at radius 1 is 0.471 bits per heavy atom. The molecule has 9 rings (SSSR count). The highest BCUT2D eigenvalue weighted by Gasteiger charge is 2.22. The van der Waals surface area contributed by atoms with Crippen LogP contribution in [0.1, 0.15) is 11.1 Å². The normalized spacial score (nSPS) is 12.0. The third kappa shape index (κ3) is 5.19. The van der Waals surface area contributed by atoms with Crippen molar-refractivity contribution in [2.24, 2.45) is 0 Å². The Bertz CT molecular complexity index is 2730. The third-order valence-corrected chi connectivity index (χ3v) is 10.4. The van der Waals surface area contributed by atoms with Gasteiger partial charge in [0, 0.05) is 16.5 Å². The smallest absolute Gasteiger partial charge is 0.0541 e. The van der Waals surface area contributed by atoms with Gasteiger partial charge in [0.15, 0.2) is 0 Å². The number of aromatic nitrogens is 1. The van der Waals surface area contributed by atoms with Gasteiger partial charge in [-0.1, -0.05) is 152 Å². The van der Waals surface area contributed by atoms with Crippen molar-refractivity contribution >= 4 is 62.1 Å². The number of para-hydroxylation sites is 2. The quantitative estimate of drug-likeness (QED) is 0.102. The Kier molecular flexibility index (Phi) is 7.87. The summed E-state index contributed by atoms with van der Waals surface area (Å²) in [6, 6.07) is 59.6. The summed E-state index contributed by atoms with van der Waals surface area (Å²) in [7, 11) is 0. The van der Waals surface area contributed by atoms with Gasteiger partial charge in [0.1, 0.15) is 0 Å². The molecule has 0 N–H and O–H groups in total. The van der Waals surface area contributed by atoms with Gasteiger partial charge >= 0.3 is 0 Å². The molecule has 0 aliphatic heterocycles. The predicted molar refractivity (Wildman–Crippen MR) is 224 cm³/mol. The molecule has 0 unspecified atom stereocenters. The third-order valence-electron chi connectivity index (χ3n) is 10.2. The van der Waals surface area contributed by atoms with Crippen molar-refractivity contribution in [2.75, 3.05) is 0 Å². The van der Waals surface area contributed by atoms with Crippen molar-refractivity contribution in [3.05, 3.63) is 192 Å². The van der Waals surface area contributed by atoms with E-state index in [1.807, 2.05) is 6.08 Å². The van der Waals surface area contributed by atoms with E-state index in [9.17, 15) is 0 Å². The molecular formula is C49H35NS. The van der Waals surface area contributed by atoms with Crippen LogP contribution in [0.15, 0.2) is 181 Å². The number of rotatable bonds is 6. The largest absolute Gasteiger partial charge is 0.309 e. The number of aryl methyl sites for hydroxylation is 1. The summed E-state index contributed by atoms with van der Waals surface area (Å²) in [6.07, 6.45) is 6.34. The maximum Gasteiger partial charge on any atom is 0.0541 e. The first-order chi connectivity index (χ1) is 25.2. The Morgan fingerprint density at radius 2 is 1.00 bits per heavy atom. The average molecular weight is 670 g/mol. The van der Waals surface area contributed by atoms with Gasteiger partial charge in [-0.2, -0.15) is 12.6 Å². The zero-order chi connectivity index (χ0) is 34.3. The minimum absolute atomic E-state index is 1.14. The monoisotopic (exact) mass is 669 g/mol. The molecule has 9 aromatic rings. The standard InChI is InChI=1S/C49H35NS/c1-33-38-20-8-9-24-42(38)49-47(36-27-29-37(30-28-36)50-45-25-12-10-22-40(45)41-23-11-13-26-46(41)50)43(34-16-4-2-5-17-34)32-44(35-18-6-3-7-19-35)48(49)39(33)21-14-15-31-51/h2-32,51H,1H3/b21-14-,31-15?. The Morgan fingerprint density at radius 3 is 1.61 bits per heavy atom. The molecule has 0 saturated heterocycles. The molecule has 51 heavy (non-hydrogen) atoms. The first-order valence-electron chi connectivity index (χ1n) is 17.4. The topological polar surface area (TPSA) is 4.93 Å². The molecule has 0 radical (unpaired) electrons. The molecule has 242 valence electrons. The number of nitrogens with zero attached hydrogens (tertiary/aromatic N) is 1. The van der Waals surface area contributed by atoms with Crippen molar-refractivity contribution in [1.82, 2.24) is 4.57 Å². The van der Waals surface area contributed by atoms with Crippen LogP contribution >= 0.6 is 12.6 Å². The van der Waals surface area contributed by atoms with Gasteiger partial charge in [0.2, 0.25) is 0 Å². The van der Waals surface area contributed by atoms with Crippen molar-refractivity contribution in [2.45, 2.75) is 6.92 Å². The lowest BCUT2D eigenvalue weighted by molar-refractivity contribution is 1.18. The number of allylic oxidation sites excluding steroid dienone is 2. The van der Waals surface area contributed by atoms with E-state index in [4.69, 9.17) is 0 Å². The molecule has 2 heteroatoms. The van der Waals surface area contributed by atoms with Crippen LogP contribution < -0.4 is 0 Å². The maximum absolute atomic E-state index is 4.36. The number of hydrogen-bond donors (Lipinski definition) is 1. The number of benzene rings is 8. The highest BCUT2D eigenvalue weighted by atomic mass is 32.1. The second kappa shape index (κ2) is 13.0. The van der Waals surface area contributed by atoms with Gasteiger partial charge in [-0.15, -0.1) is 0 Å². The van der Waals surface area contributed by atoms with Gasteiger partial charge in [0.25, 0.3) is 0 Å². The molecule has 0 bridgehead atoms. The Hall–Kier alpha value is -6.09. The summed E-state index contributed by atoms with van der Waals surface area (Å²) >= 11 is 4.36. The molecule has 1 heterocycles. The molecular weight excluding hydrogens is 635 g/mol. The van der Waals surface area contributed by atoms with Crippen LogP contribution in [0.3, 0.4) is 0 Å². The SMILES string of the molecule is Cc1c(/C=C\C=CS)c2c(-c3ccccc3)cc(-c3ccccc3)c(-c3ccc(-n4c5ccccc5c5ccccc54)cc3)c2c2ccccc12. The highest BCUT2D eigenvalue weighted by molar-refractivity contribution is 7.83. The van der Waals surface area contributed by atoms with Gasteiger partial charge < -0.3 is 4.57 Å². The molecule has 8 aromatic carbocycles. The van der Waals surface area contributed by atoms with Gasteiger partial charge in [-0.05, 0) is 109 Å². The highest BCUT2D eigenvalue weighted by Crippen LogP contribution is 2.48. The van der Waals surface area contributed by atoms with E-state index in [1.165, 1.54) is 87.9 Å². The first kappa shape index (κ1) is 30.9. The average Bonchev–Trinajstić information content (AvgIpc) is 3.54. The molecule has 0 amide bonds. The minimum atomic E-state index is 1.14. The molecule has 0 spiro atoms. The second-order valence-corrected chi connectivity index (χ2v) is 13.3. The van der Waals surface area contributed by atoms with Crippen LogP contribution in [-0.4, -0.2) is 4.57 Å². The summed E-state index contributed by atoms with van der Waals surface area (Å²) < 4.78 is 2.39. The van der Waals surface area contributed by atoms with Crippen LogP contribution in [-0.2, 0) is 0 Å². The van der Waals surface area contributed by atoms with E-state index in [-0.39, 0.29) is 0 Å². The molecule has 0 aliphatic rings. The number of fused-ring (bicyclic) bond motifs is 6. The Balaban J connectivity index is 1.41. The van der Waals surface area contributed by atoms with Crippen molar-refractivity contribution in [3.63, 3.8) is 0 Å². The van der Waals surface area contributed by atoms with Crippen LogP contribution in [0.4, 0.5) is 0 Å².